The van der Waals surface area contributed by atoms with Gasteiger partial charge in [-0.25, -0.2) is 0 Å². The zero-order valence-electron chi connectivity index (χ0n) is 15.1. The van der Waals surface area contributed by atoms with Gasteiger partial charge in [0.1, 0.15) is 5.75 Å². The minimum atomic E-state index is -0.479. The molecule has 142 valence electrons. The number of aromatic hydroxyl groups is 1. The summed E-state index contributed by atoms with van der Waals surface area (Å²) in [6.07, 6.45) is 0. The van der Waals surface area contributed by atoms with Gasteiger partial charge in [0.2, 0.25) is 5.91 Å². The second-order valence-corrected chi connectivity index (χ2v) is 6.56. The number of nitrogens with one attached hydrogen (secondary N) is 1. The molecule has 0 radical (unpaired) electrons. The highest BCUT2D eigenvalue weighted by atomic mass is 16.6. The fourth-order valence-corrected chi connectivity index (χ4v) is 3.13. The first-order valence-electron chi connectivity index (χ1n) is 8.74. The topological polar surface area (TPSA) is 99.0 Å². The van der Waals surface area contributed by atoms with Crippen molar-refractivity contribution in [2.75, 3.05) is 42.9 Å². The summed E-state index contributed by atoms with van der Waals surface area (Å²) in [5.74, 6) is 0.0550. The Kier molecular flexibility index (Phi) is 5.56. The number of carbonyl (C=O) groups excluding carboxylic acids is 1. The molecule has 0 unspecified atom stereocenters. The molecule has 0 aliphatic carbocycles. The lowest BCUT2D eigenvalue weighted by atomic mass is 10.2. The average Bonchev–Trinajstić information content (AvgIpc) is 2.64. The molecule has 0 saturated carbocycles. The molecule has 2 N–H and O–H groups in total. The molecule has 27 heavy (non-hydrogen) atoms. The number of hydrogen-bond acceptors (Lipinski definition) is 6. The van der Waals surface area contributed by atoms with Crippen LogP contribution in [0.4, 0.5) is 17.1 Å². The molecule has 1 aliphatic rings. The number of phenols is 1. The van der Waals surface area contributed by atoms with Crippen molar-refractivity contribution in [2.45, 2.75) is 6.92 Å². The van der Waals surface area contributed by atoms with Crippen molar-refractivity contribution in [1.29, 1.82) is 0 Å². The zero-order valence-corrected chi connectivity index (χ0v) is 15.1. The molecule has 8 heteroatoms. The number of piperazine rings is 1. The maximum absolute atomic E-state index is 12.3. The van der Waals surface area contributed by atoms with Gasteiger partial charge in [-0.15, -0.1) is 0 Å². The molecule has 0 aromatic heterocycles. The Bertz CT molecular complexity index is 847. The van der Waals surface area contributed by atoms with E-state index >= 15 is 0 Å². The quantitative estimate of drug-likeness (QED) is 0.619. The Balaban J connectivity index is 1.55. The summed E-state index contributed by atoms with van der Waals surface area (Å²) >= 11 is 0. The number of carbonyl (C=O) groups is 1. The number of para-hydroxylation sites is 2. The Morgan fingerprint density at radius 1 is 1.19 bits per heavy atom. The second kappa shape index (κ2) is 8.05. The Morgan fingerprint density at radius 3 is 2.56 bits per heavy atom. The average molecular weight is 370 g/mol. The molecular formula is C19H22N4O4. The fraction of sp³-hybridized carbons (Fsp3) is 0.316. The standard InChI is InChI=1S/C19H22N4O4/c1-14-6-7-15(23(26)27)12-16(14)20-19(25)13-21-8-10-22(11-9-21)17-4-2-3-5-18(17)24/h2-7,12,24H,8-11,13H2,1H3,(H,20,25). The van der Waals surface area contributed by atoms with Crippen molar-refractivity contribution in [1.82, 2.24) is 4.90 Å². The fourth-order valence-electron chi connectivity index (χ4n) is 3.13. The van der Waals surface area contributed by atoms with Crippen LogP contribution in [0.15, 0.2) is 42.5 Å². The lowest BCUT2D eigenvalue weighted by Crippen LogP contribution is -2.48. The Morgan fingerprint density at radius 2 is 1.89 bits per heavy atom. The largest absolute Gasteiger partial charge is 0.506 e. The van der Waals surface area contributed by atoms with Gasteiger partial charge in [-0.1, -0.05) is 18.2 Å². The van der Waals surface area contributed by atoms with Gasteiger partial charge < -0.3 is 15.3 Å². The molecule has 8 nitrogen and oxygen atoms in total. The number of anilines is 2. The van der Waals surface area contributed by atoms with E-state index in [1.54, 1.807) is 25.1 Å². The predicted molar refractivity (Wildman–Crippen MR) is 103 cm³/mol. The van der Waals surface area contributed by atoms with Crippen LogP contribution in [0.1, 0.15) is 5.56 Å². The number of amides is 1. The summed E-state index contributed by atoms with van der Waals surface area (Å²) in [7, 11) is 0. The molecular weight excluding hydrogens is 348 g/mol. The first-order valence-corrected chi connectivity index (χ1v) is 8.74. The summed E-state index contributed by atoms with van der Waals surface area (Å²) in [4.78, 5) is 26.9. The van der Waals surface area contributed by atoms with E-state index in [9.17, 15) is 20.0 Å². The van der Waals surface area contributed by atoms with Gasteiger partial charge in [0.25, 0.3) is 5.69 Å². The predicted octanol–water partition coefficient (Wildman–Crippen LogP) is 2.37. The van der Waals surface area contributed by atoms with Crippen LogP contribution in [-0.4, -0.2) is 53.6 Å². The first-order chi connectivity index (χ1) is 12.9. The maximum Gasteiger partial charge on any atom is 0.271 e. The molecule has 1 saturated heterocycles. The molecule has 1 fully saturated rings. The maximum atomic E-state index is 12.3. The number of phenolic OH excluding ortho intramolecular Hbond substituents is 1. The Hall–Kier alpha value is -3.13. The molecule has 0 bridgehead atoms. The van der Waals surface area contributed by atoms with Crippen LogP contribution in [0.3, 0.4) is 0 Å². The van der Waals surface area contributed by atoms with Crippen molar-refractivity contribution in [3.63, 3.8) is 0 Å². The highest BCUT2D eigenvalue weighted by Crippen LogP contribution is 2.27. The van der Waals surface area contributed by atoms with Gasteiger partial charge in [0.05, 0.1) is 22.8 Å². The van der Waals surface area contributed by atoms with Gasteiger partial charge in [0.15, 0.2) is 0 Å². The van der Waals surface area contributed by atoms with E-state index in [1.807, 2.05) is 17.0 Å². The highest BCUT2D eigenvalue weighted by molar-refractivity contribution is 5.93. The van der Waals surface area contributed by atoms with E-state index in [4.69, 9.17) is 0 Å². The number of hydrogen-bond donors (Lipinski definition) is 2. The Labute approximate surface area is 157 Å². The molecule has 2 aromatic carbocycles. The normalized spacial score (nSPS) is 14.8. The summed E-state index contributed by atoms with van der Waals surface area (Å²) < 4.78 is 0. The van der Waals surface area contributed by atoms with E-state index in [0.717, 1.165) is 11.3 Å². The van der Waals surface area contributed by atoms with Crippen molar-refractivity contribution in [3.05, 3.63) is 58.1 Å². The number of non-ortho nitro benzene ring substituents is 1. The second-order valence-electron chi connectivity index (χ2n) is 6.56. The highest BCUT2D eigenvalue weighted by Gasteiger charge is 2.21. The molecule has 1 heterocycles. The molecule has 0 spiro atoms. The monoisotopic (exact) mass is 370 g/mol. The molecule has 3 rings (SSSR count). The molecule has 0 atom stereocenters. The van der Waals surface area contributed by atoms with E-state index in [1.165, 1.54) is 12.1 Å². The van der Waals surface area contributed by atoms with E-state index < -0.39 is 4.92 Å². The van der Waals surface area contributed by atoms with E-state index in [-0.39, 0.29) is 23.9 Å². The lowest BCUT2D eigenvalue weighted by molar-refractivity contribution is -0.384. The SMILES string of the molecule is Cc1ccc([N+](=O)[O-])cc1NC(=O)CN1CCN(c2ccccc2O)CC1. The number of nitrogens with zero attached hydrogens (tertiary/aromatic N) is 3. The minimum absolute atomic E-state index is 0.0489. The minimum Gasteiger partial charge on any atom is -0.506 e. The lowest BCUT2D eigenvalue weighted by Gasteiger charge is -2.35. The smallest absolute Gasteiger partial charge is 0.271 e. The number of rotatable bonds is 5. The third kappa shape index (κ3) is 4.53. The van der Waals surface area contributed by atoms with Gasteiger partial charge >= 0.3 is 0 Å². The van der Waals surface area contributed by atoms with Gasteiger partial charge in [-0.2, -0.15) is 0 Å². The van der Waals surface area contributed by atoms with Crippen LogP contribution in [0.25, 0.3) is 0 Å². The van der Waals surface area contributed by atoms with Crippen LogP contribution < -0.4 is 10.2 Å². The third-order valence-electron chi connectivity index (χ3n) is 4.67. The van der Waals surface area contributed by atoms with Crippen molar-refractivity contribution >= 4 is 23.0 Å². The van der Waals surface area contributed by atoms with E-state index in [2.05, 4.69) is 10.2 Å². The number of nitro groups is 1. The van der Waals surface area contributed by atoms with Crippen LogP contribution in [0.2, 0.25) is 0 Å². The molecule has 2 aromatic rings. The number of benzene rings is 2. The summed E-state index contributed by atoms with van der Waals surface area (Å²) in [5, 5.41) is 23.6. The van der Waals surface area contributed by atoms with Crippen LogP contribution >= 0.6 is 0 Å². The molecule has 1 amide bonds. The van der Waals surface area contributed by atoms with Crippen molar-refractivity contribution in [2.24, 2.45) is 0 Å². The number of aryl methyl sites for hydroxylation is 1. The third-order valence-corrected chi connectivity index (χ3v) is 4.67. The first kappa shape index (κ1) is 18.7. The van der Waals surface area contributed by atoms with Gasteiger partial charge in [-0.05, 0) is 24.6 Å². The van der Waals surface area contributed by atoms with Crippen LogP contribution in [0.5, 0.6) is 5.75 Å². The zero-order chi connectivity index (χ0) is 19.4. The number of nitro benzene ring substituents is 1. The molecule has 1 aliphatic heterocycles. The van der Waals surface area contributed by atoms with Crippen molar-refractivity contribution in [3.8, 4) is 5.75 Å². The van der Waals surface area contributed by atoms with Gasteiger partial charge in [-0.3, -0.25) is 19.8 Å². The van der Waals surface area contributed by atoms with Crippen molar-refractivity contribution < 1.29 is 14.8 Å². The van der Waals surface area contributed by atoms with E-state index in [0.29, 0.717) is 31.9 Å². The van der Waals surface area contributed by atoms with Crippen LogP contribution in [0, 0.1) is 17.0 Å². The summed E-state index contributed by atoms with van der Waals surface area (Å²) in [5.41, 5.74) is 1.99. The van der Waals surface area contributed by atoms with Gasteiger partial charge in [0, 0.05) is 38.3 Å². The summed E-state index contributed by atoms with van der Waals surface area (Å²) in [6, 6.07) is 11.6. The van der Waals surface area contributed by atoms with Crippen LogP contribution in [-0.2, 0) is 4.79 Å². The summed E-state index contributed by atoms with van der Waals surface area (Å²) in [6.45, 7) is 4.81.